The number of aryl methyl sites for hydroxylation is 1. The molecule has 1 aromatic rings. The third kappa shape index (κ3) is 2.66. The molecule has 2 rings (SSSR count). The molecule has 16 heavy (non-hydrogen) atoms. The molecule has 88 valence electrons. The van der Waals surface area contributed by atoms with Crippen molar-refractivity contribution >= 4 is 33.2 Å². The summed E-state index contributed by atoms with van der Waals surface area (Å²) in [5, 5.41) is 7.08. The van der Waals surface area contributed by atoms with E-state index in [1.807, 2.05) is 17.7 Å². The number of rotatable bonds is 2. The quantitative estimate of drug-likeness (QED) is 0.833. The second-order valence-electron chi connectivity index (χ2n) is 4.35. The van der Waals surface area contributed by atoms with E-state index < -0.39 is 0 Å². The molecule has 1 aromatic heterocycles. The summed E-state index contributed by atoms with van der Waals surface area (Å²) in [6, 6.07) is 0.292. The standard InChI is InChI=1S/C12H16BrNOS/c1-8-6-16-7-9(8)12(15)14-11-5-3-2-4-10(11)13/h6-7,10-11H,2-5H2,1H3,(H,14,15). The van der Waals surface area contributed by atoms with Crippen LogP contribution in [0.15, 0.2) is 10.8 Å². The molecule has 2 atom stereocenters. The van der Waals surface area contributed by atoms with Gasteiger partial charge in [0, 0.05) is 16.2 Å². The summed E-state index contributed by atoms with van der Waals surface area (Å²) >= 11 is 5.24. The van der Waals surface area contributed by atoms with Crippen molar-refractivity contribution in [3.63, 3.8) is 0 Å². The van der Waals surface area contributed by atoms with E-state index in [9.17, 15) is 4.79 Å². The Morgan fingerprint density at radius 2 is 2.19 bits per heavy atom. The molecule has 1 saturated carbocycles. The maximum Gasteiger partial charge on any atom is 0.252 e. The zero-order chi connectivity index (χ0) is 11.5. The third-order valence-electron chi connectivity index (χ3n) is 3.10. The monoisotopic (exact) mass is 301 g/mol. The lowest BCUT2D eigenvalue weighted by molar-refractivity contribution is 0.0929. The van der Waals surface area contributed by atoms with Crippen LogP contribution in [0.25, 0.3) is 0 Å². The Morgan fingerprint density at radius 3 is 2.81 bits per heavy atom. The van der Waals surface area contributed by atoms with Gasteiger partial charge < -0.3 is 5.32 Å². The summed E-state index contributed by atoms with van der Waals surface area (Å²) in [5.41, 5.74) is 1.90. The number of hydrogen-bond donors (Lipinski definition) is 1. The molecule has 0 saturated heterocycles. The van der Waals surface area contributed by atoms with Crippen LogP contribution in [0, 0.1) is 6.92 Å². The predicted octanol–water partition coefficient (Wildman–Crippen LogP) is 3.49. The smallest absolute Gasteiger partial charge is 0.252 e. The molecule has 1 N–H and O–H groups in total. The van der Waals surface area contributed by atoms with E-state index in [4.69, 9.17) is 0 Å². The lowest BCUT2D eigenvalue weighted by Crippen LogP contribution is -2.42. The van der Waals surface area contributed by atoms with Crippen molar-refractivity contribution in [3.05, 3.63) is 21.9 Å². The fraction of sp³-hybridized carbons (Fsp3) is 0.583. The largest absolute Gasteiger partial charge is 0.348 e. The highest BCUT2D eigenvalue weighted by Crippen LogP contribution is 2.25. The minimum atomic E-state index is 0.0788. The van der Waals surface area contributed by atoms with E-state index >= 15 is 0 Å². The minimum Gasteiger partial charge on any atom is -0.348 e. The summed E-state index contributed by atoms with van der Waals surface area (Å²) < 4.78 is 0. The van der Waals surface area contributed by atoms with Gasteiger partial charge in [0.05, 0.1) is 5.56 Å². The number of carbonyl (C=O) groups excluding carboxylic acids is 1. The lowest BCUT2D eigenvalue weighted by Gasteiger charge is -2.28. The Hall–Kier alpha value is -0.350. The maximum atomic E-state index is 12.0. The first-order valence-electron chi connectivity index (χ1n) is 5.66. The Morgan fingerprint density at radius 1 is 1.44 bits per heavy atom. The van der Waals surface area contributed by atoms with Crippen LogP contribution in [0.5, 0.6) is 0 Å². The maximum absolute atomic E-state index is 12.0. The molecule has 1 aliphatic rings. The van der Waals surface area contributed by atoms with Gasteiger partial charge in [-0.25, -0.2) is 0 Å². The first-order chi connectivity index (χ1) is 7.68. The van der Waals surface area contributed by atoms with Gasteiger partial charge >= 0.3 is 0 Å². The predicted molar refractivity (Wildman–Crippen MR) is 71.5 cm³/mol. The summed E-state index contributed by atoms with van der Waals surface area (Å²) in [5.74, 6) is 0.0788. The number of amides is 1. The molecule has 0 aliphatic heterocycles. The van der Waals surface area contributed by atoms with Gasteiger partial charge in [-0.15, -0.1) is 0 Å². The van der Waals surface area contributed by atoms with Crippen molar-refractivity contribution in [2.24, 2.45) is 0 Å². The second kappa shape index (κ2) is 5.32. The zero-order valence-electron chi connectivity index (χ0n) is 9.33. The van der Waals surface area contributed by atoms with Crippen molar-refractivity contribution in [2.45, 2.75) is 43.5 Å². The van der Waals surface area contributed by atoms with Gasteiger partial charge in [0.25, 0.3) is 5.91 Å². The van der Waals surface area contributed by atoms with Gasteiger partial charge in [0.1, 0.15) is 0 Å². The summed E-state index contributed by atoms with van der Waals surface area (Å²) in [4.78, 5) is 12.4. The van der Waals surface area contributed by atoms with Crippen LogP contribution in [0.4, 0.5) is 0 Å². The van der Waals surface area contributed by atoms with E-state index in [-0.39, 0.29) is 5.91 Å². The first-order valence-corrected chi connectivity index (χ1v) is 7.52. The Bertz CT molecular complexity index is 377. The van der Waals surface area contributed by atoms with Crippen molar-refractivity contribution < 1.29 is 4.79 Å². The average Bonchev–Trinajstić information content (AvgIpc) is 2.68. The number of hydrogen-bond acceptors (Lipinski definition) is 2. The van der Waals surface area contributed by atoms with Crippen LogP contribution in [-0.2, 0) is 0 Å². The van der Waals surface area contributed by atoms with Gasteiger partial charge in [0.2, 0.25) is 0 Å². The highest BCUT2D eigenvalue weighted by Gasteiger charge is 2.25. The molecule has 0 spiro atoms. The van der Waals surface area contributed by atoms with Gasteiger partial charge in [0.15, 0.2) is 0 Å². The van der Waals surface area contributed by atoms with Crippen LogP contribution in [-0.4, -0.2) is 16.8 Å². The molecular formula is C12H16BrNOS. The number of nitrogens with one attached hydrogen (secondary N) is 1. The van der Waals surface area contributed by atoms with Gasteiger partial charge in [-0.05, 0) is 30.7 Å². The van der Waals surface area contributed by atoms with Crippen LogP contribution >= 0.6 is 27.3 Å². The van der Waals surface area contributed by atoms with Gasteiger partial charge in [-0.2, -0.15) is 11.3 Å². The fourth-order valence-corrected chi connectivity index (χ4v) is 3.64. The Kier molecular flexibility index (Phi) is 4.03. The molecular weight excluding hydrogens is 286 g/mol. The molecule has 1 amide bonds. The fourth-order valence-electron chi connectivity index (χ4n) is 2.09. The molecule has 4 heteroatoms. The number of alkyl halides is 1. The zero-order valence-corrected chi connectivity index (χ0v) is 11.7. The molecule has 2 nitrogen and oxygen atoms in total. The molecule has 1 fully saturated rings. The van der Waals surface area contributed by atoms with E-state index in [2.05, 4.69) is 21.2 Å². The Balaban J connectivity index is 1.99. The van der Waals surface area contributed by atoms with Gasteiger partial charge in [-0.1, -0.05) is 28.8 Å². The molecule has 0 radical (unpaired) electrons. The van der Waals surface area contributed by atoms with Gasteiger partial charge in [-0.3, -0.25) is 4.79 Å². The SMILES string of the molecule is Cc1cscc1C(=O)NC1CCCCC1Br. The van der Waals surface area contributed by atoms with Crippen LogP contribution < -0.4 is 5.32 Å². The van der Waals surface area contributed by atoms with Crippen LogP contribution in [0.3, 0.4) is 0 Å². The highest BCUT2D eigenvalue weighted by atomic mass is 79.9. The third-order valence-corrected chi connectivity index (χ3v) is 5.06. The van der Waals surface area contributed by atoms with Crippen molar-refractivity contribution in [1.82, 2.24) is 5.32 Å². The van der Waals surface area contributed by atoms with Crippen molar-refractivity contribution in [1.29, 1.82) is 0 Å². The summed E-state index contributed by atoms with van der Waals surface area (Å²) in [6.07, 6.45) is 4.73. The number of halogens is 1. The van der Waals surface area contributed by atoms with Crippen molar-refractivity contribution in [2.75, 3.05) is 0 Å². The Labute approximate surface area is 109 Å². The van der Waals surface area contributed by atoms with E-state index in [1.165, 1.54) is 12.8 Å². The van der Waals surface area contributed by atoms with Crippen molar-refractivity contribution in [3.8, 4) is 0 Å². The first kappa shape index (κ1) is 12.1. The van der Waals surface area contributed by atoms with E-state index in [0.29, 0.717) is 10.9 Å². The number of carbonyl (C=O) groups is 1. The molecule has 1 aliphatic carbocycles. The highest BCUT2D eigenvalue weighted by molar-refractivity contribution is 9.09. The average molecular weight is 302 g/mol. The van der Waals surface area contributed by atoms with E-state index in [1.54, 1.807) is 11.3 Å². The topological polar surface area (TPSA) is 29.1 Å². The lowest BCUT2D eigenvalue weighted by atomic mass is 9.95. The van der Waals surface area contributed by atoms with Crippen LogP contribution in [0.2, 0.25) is 0 Å². The normalized spacial score (nSPS) is 25.4. The molecule has 0 aromatic carbocycles. The molecule has 0 bridgehead atoms. The molecule has 2 unspecified atom stereocenters. The molecule has 1 heterocycles. The van der Waals surface area contributed by atoms with Crippen LogP contribution in [0.1, 0.15) is 41.6 Å². The van der Waals surface area contributed by atoms with E-state index in [0.717, 1.165) is 24.0 Å². The summed E-state index contributed by atoms with van der Waals surface area (Å²) in [7, 11) is 0. The number of thiophene rings is 1. The second-order valence-corrected chi connectivity index (χ2v) is 6.27. The summed E-state index contributed by atoms with van der Waals surface area (Å²) in [6.45, 7) is 1.98. The minimum absolute atomic E-state index is 0.0788.